The highest BCUT2D eigenvalue weighted by molar-refractivity contribution is 5.80. The van der Waals surface area contributed by atoms with E-state index in [1.807, 2.05) is 24.3 Å². The molecular weight excluding hydrogens is 452 g/mol. The van der Waals surface area contributed by atoms with E-state index in [1.54, 1.807) is 7.11 Å². The van der Waals surface area contributed by atoms with Crippen LogP contribution in [0.25, 0.3) is 10.9 Å². The van der Waals surface area contributed by atoms with E-state index in [0.717, 1.165) is 53.7 Å². The molecule has 0 aliphatic heterocycles. The van der Waals surface area contributed by atoms with Crippen molar-refractivity contribution in [2.24, 2.45) is 5.92 Å². The number of nitrogens with one attached hydrogen (secondary N) is 1. The molecule has 1 aromatic carbocycles. The number of benzene rings is 1. The largest absolute Gasteiger partial charge is 0.497 e. The molecule has 2 aromatic heterocycles. The third-order valence-corrected chi connectivity index (χ3v) is 8.22. The molecular formula is C28H40N6O2. The van der Waals surface area contributed by atoms with Crippen molar-refractivity contribution in [1.82, 2.24) is 30.1 Å². The quantitative estimate of drug-likeness (QED) is 0.443. The van der Waals surface area contributed by atoms with Gasteiger partial charge in [-0.2, -0.15) is 0 Å². The fraction of sp³-hybridized carbons (Fsp3) is 0.643. The van der Waals surface area contributed by atoms with Gasteiger partial charge < -0.3 is 9.72 Å². The van der Waals surface area contributed by atoms with E-state index in [2.05, 4.69) is 43.9 Å². The molecule has 194 valence electrons. The summed E-state index contributed by atoms with van der Waals surface area (Å²) in [5.41, 5.74) is 1.56. The molecule has 2 aliphatic carbocycles. The van der Waals surface area contributed by atoms with Gasteiger partial charge in [0.05, 0.1) is 24.7 Å². The van der Waals surface area contributed by atoms with Gasteiger partial charge in [0.15, 0.2) is 5.82 Å². The van der Waals surface area contributed by atoms with Gasteiger partial charge >= 0.3 is 0 Å². The summed E-state index contributed by atoms with van der Waals surface area (Å²) in [5.74, 6) is 2.01. The molecule has 5 rings (SSSR count). The van der Waals surface area contributed by atoms with Gasteiger partial charge in [-0.1, -0.05) is 52.4 Å². The van der Waals surface area contributed by atoms with Crippen molar-refractivity contribution in [3.05, 3.63) is 46.0 Å². The van der Waals surface area contributed by atoms with Gasteiger partial charge in [-0.3, -0.25) is 9.69 Å². The lowest BCUT2D eigenvalue weighted by Gasteiger charge is -2.41. The molecule has 1 atom stereocenters. The standard InChI is InChI=1S/C28H40N6O2/c1-19(2)26(27-30-31-32-34(27)23-12-8-5-9-13-23)33(22-10-6-4-7-11-22)18-21-16-20-14-15-24(36-3)17-25(20)29-28(21)35/h14-17,19,22-23,26H,4-13,18H2,1-3H3,(H,29,35). The van der Waals surface area contributed by atoms with Crippen molar-refractivity contribution in [3.8, 4) is 5.75 Å². The predicted octanol–water partition coefficient (Wildman–Crippen LogP) is 5.56. The van der Waals surface area contributed by atoms with E-state index in [9.17, 15) is 4.79 Å². The maximum absolute atomic E-state index is 13.3. The van der Waals surface area contributed by atoms with Crippen LogP contribution in [-0.4, -0.2) is 43.2 Å². The SMILES string of the molecule is COc1ccc2cc(CN(C3CCCCC3)C(c3nnnn3C3CCCCC3)C(C)C)c(=O)[nH]c2c1. The monoisotopic (exact) mass is 492 g/mol. The topological polar surface area (TPSA) is 88.9 Å². The third-order valence-electron chi connectivity index (χ3n) is 8.22. The lowest BCUT2D eigenvalue weighted by atomic mass is 9.89. The summed E-state index contributed by atoms with van der Waals surface area (Å²) in [6.45, 7) is 5.11. The molecule has 0 saturated heterocycles. The van der Waals surface area contributed by atoms with Crippen molar-refractivity contribution >= 4 is 10.9 Å². The molecule has 0 amide bonds. The fourth-order valence-electron chi connectivity index (χ4n) is 6.34. The Morgan fingerprint density at radius 2 is 1.78 bits per heavy atom. The van der Waals surface area contributed by atoms with Gasteiger partial charge in [-0.25, -0.2) is 4.68 Å². The molecule has 8 nitrogen and oxygen atoms in total. The first kappa shape index (κ1) is 24.9. The van der Waals surface area contributed by atoms with Crippen LogP contribution in [0.4, 0.5) is 0 Å². The number of H-pyrrole nitrogens is 1. The van der Waals surface area contributed by atoms with Gasteiger partial charge in [-0.15, -0.1) is 5.10 Å². The smallest absolute Gasteiger partial charge is 0.252 e. The van der Waals surface area contributed by atoms with Gasteiger partial charge in [0.1, 0.15) is 5.75 Å². The number of rotatable bonds is 8. The normalized spacial score (nSPS) is 18.8. The van der Waals surface area contributed by atoms with E-state index >= 15 is 0 Å². The average molecular weight is 493 g/mol. The Balaban J connectivity index is 1.53. The summed E-state index contributed by atoms with van der Waals surface area (Å²) >= 11 is 0. The first-order valence-corrected chi connectivity index (χ1v) is 13.8. The minimum absolute atomic E-state index is 0.0362. The summed E-state index contributed by atoms with van der Waals surface area (Å²) in [6.07, 6.45) is 12.1. The lowest BCUT2D eigenvalue weighted by molar-refractivity contribution is 0.0590. The number of hydrogen-bond donors (Lipinski definition) is 1. The van der Waals surface area contributed by atoms with E-state index < -0.39 is 0 Å². The predicted molar refractivity (Wildman–Crippen MR) is 141 cm³/mol. The highest BCUT2D eigenvalue weighted by Gasteiger charge is 2.36. The van der Waals surface area contributed by atoms with Gasteiger partial charge in [0, 0.05) is 24.2 Å². The molecule has 8 heteroatoms. The van der Waals surface area contributed by atoms with Crippen LogP contribution in [0.3, 0.4) is 0 Å². The van der Waals surface area contributed by atoms with E-state index in [4.69, 9.17) is 4.74 Å². The molecule has 2 saturated carbocycles. The Morgan fingerprint density at radius 3 is 2.47 bits per heavy atom. The molecule has 1 N–H and O–H groups in total. The number of aromatic amines is 1. The highest BCUT2D eigenvalue weighted by Crippen LogP contribution is 2.37. The van der Waals surface area contributed by atoms with Crippen LogP contribution in [0.2, 0.25) is 0 Å². The molecule has 2 fully saturated rings. The Kier molecular flexibility index (Phi) is 7.70. The van der Waals surface area contributed by atoms with Crippen LogP contribution in [0.5, 0.6) is 5.75 Å². The summed E-state index contributed by atoms with van der Waals surface area (Å²) in [6, 6.07) is 8.72. The first-order chi connectivity index (χ1) is 17.5. The Hall–Kier alpha value is -2.74. The number of nitrogens with zero attached hydrogens (tertiary/aromatic N) is 5. The van der Waals surface area contributed by atoms with Gasteiger partial charge in [-0.05, 0) is 65.6 Å². The van der Waals surface area contributed by atoms with E-state index in [-0.39, 0.29) is 11.6 Å². The van der Waals surface area contributed by atoms with Crippen LogP contribution < -0.4 is 10.3 Å². The lowest BCUT2D eigenvalue weighted by Crippen LogP contribution is -2.43. The van der Waals surface area contributed by atoms with Crippen molar-refractivity contribution in [1.29, 1.82) is 0 Å². The number of pyridine rings is 1. The van der Waals surface area contributed by atoms with Crippen LogP contribution in [0, 0.1) is 5.92 Å². The zero-order valence-electron chi connectivity index (χ0n) is 21.9. The number of fused-ring (bicyclic) bond motifs is 1. The highest BCUT2D eigenvalue weighted by atomic mass is 16.5. The molecule has 2 heterocycles. The molecule has 3 aromatic rings. The number of tetrazole rings is 1. The Bertz CT molecular complexity index is 1210. The molecule has 36 heavy (non-hydrogen) atoms. The minimum atomic E-state index is -0.0362. The molecule has 0 bridgehead atoms. The van der Waals surface area contributed by atoms with Crippen molar-refractivity contribution in [2.75, 3.05) is 7.11 Å². The third kappa shape index (κ3) is 5.19. The van der Waals surface area contributed by atoms with E-state index in [0.29, 0.717) is 24.5 Å². The van der Waals surface area contributed by atoms with Crippen LogP contribution in [0.15, 0.2) is 29.1 Å². The Labute approximate surface area is 213 Å². The molecule has 2 aliphatic rings. The second kappa shape index (κ2) is 11.1. The van der Waals surface area contributed by atoms with Crippen LogP contribution in [-0.2, 0) is 6.54 Å². The second-order valence-corrected chi connectivity index (χ2v) is 11.0. The molecule has 0 radical (unpaired) electrons. The summed E-state index contributed by atoms with van der Waals surface area (Å²) in [7, 11) is 1.64. The maximum atomic E-state index is 13.3. The zero-order valence-corrected chi connectivity index (χ0v) is 21.9. The average Bonchev–Trinajstić information content (AvgIpc) is 3.38. The second-order valence-electron chi connectivity index (χ2n) is 11.0. The first-order valence-electron chi connectivity index (χ1n) is 13.8. The fourth-order valence-corrected chi connectivity index (χ4v) is 6.34. The molecule has 1 unspecified atom stereocenters. The van der Waals surface area contributed by atoms with Crippen molar-refractivity contribution < 1.29 is 4.74 Å². The number of methoxy groups -OCH3 is 1. The van der Waals surface area contributed by atoms with Gasteiger partial charge in [0.2, 0.25) is 0 Å². The summed E-state index contributed by atoms with van der Waals surface area (Å²) in [5, 5.41) is 14.3. The summed E-state index contributed by atoms with van der Waals surface area (Å²) in [4.78, 5) is 18.9. The Morgan fingerprint density at radius 1 is 1.06 bits per heavy atom. The van der Waals surface area contributed by atoms with Crippen LogP contribution >= 0.6 is 0 Å². The molecule has 0 spiro atoms. The van der Waals surface area contributed by atoms with Crippen LogP contribution in [0.1, 0.15) is 102 Å². The number of hydrogen-bond acceptors (Lipinski definition) is 6. The zero-order chi connectivity index (χ0) is 25.1. The van der Waals surface area contributed by atoms with Crippen molar-refractivity contribution in [3.63, 3.8) is 0 Å². The summed E-state index contributed by atoms with van der Waals surface area (Å²) < 4.78 is 7.47. The number of aromatic nitrogens is 5. The van der Waals surface area contributed by atoms with Gasteiger partial charge in [0.25, 0.3) is 5.56 Å². The minimum Gasteiger partial charge on any atom is -0.497 e. The number of ether oxygens (including phenoxy) is 1. The maximum Gasteiger partial charge on any atom is 0.252 e. The van der Waals surface area contributed by atoms with E-state index in [1.165, 1.54) is 38.5 Å². The van der Waals surface area contributed by atoms with Crippen molar-refractivity contribution in [2.45, 2.75) is 103 Å².